The van der Waals surface area contributed by atoms with Gasteiger partial charge in [-0.05, 0) is 56.5 Å². The molecule has 1 aromatic carbocycles. The SMILES string of the molecule is CCNC(=NCc1ncccc1C)NC(C)c1ccc(C)c(F)c1.I. The van der Waals surface area contributed by atoms with Gasteiger partial charge in [-0.3, -0.25) is 4.98 Å². The van der Waals surface area contributed by atoms with E-state index in [1.54, 1.807) is 25.3 Å². The van der Waals surface area contributed by atoms with Gasteiger partial charge in [0, 0.05) is 12.7 Å². The number of aromatic nitrogens is 1. The van der Waals surface area contributed by atoms with Crippen LogP contribution in [0.15, 0.2) is 41.5 Å². The van der Waals surface area contributed by atoms with E-state index in [0.29, 0.717) is 18.1 Å². The summed E-state index contributed by atoms with van der Waals surface area (Å²) in [6, 6.07) is 9.19. The lowest BCUT2D eigenvalue weighted by atomic mass is 10.1. The van der Waals surface area contributed by atoms with Crippen LogP contribution in [-0.4, -0.2) is 17.5 Å². The first-order valence-corrected chi connectivity index (χ1v) is 8.22. The molecule has 136 valence electrons. The number of benzene rings is 1. The van der Waals surface area contributed by atoms with Crippen LogP contribution in [0.5, 0.6) is 0 Å². The Balaban J connectivity index is 0.00000312. The number of guanidine groups is 1. The molecule has 1 aromatic heterocycles. The van der Waals surface area contributed by atoms with E-state index in [0.717, 1.165) is 23.4 Å². The van der Waals surface area contributed by atoms with E-state index in [-0.39, 0.29) is 35.8 Å². The number of aryl methyl sites for hydroxylation is 2. The first-order chi connectivity index (χ1) is 11.5. The van der Waals surface area contributed by atoms with Gasteiger partial charge in [0.05, 0.1) is 18.3 Å². The number of hydrogen-bond acceptors (Lipinski definition) is 2. The summed E-state index contributed by atoms with van der Waals surface area (Å²) in [5.74, 6) is 0.503. The highest BCUT2D eigenvalue weighted by Gasteiger charge is 2.10. The van der Waals surface area contributed by atoms with Crippen LogP contribution >= 0.6 is 24.0 Å². The predicted octanol–water partition coefficient (Wildman–Crippen LogP) is 4.27. The van der Waals surface area contributed by atoms with Crippen LogP contribution in [0, 0.1) is 19.7 Å². The average Bonchev–Trinajstić information content (AvgIpc) is 2.56. The van der Waals surface area contributed by atoms with Gasteiger partial charge in [0.2, 0.25) is 0 Å². The first-order valence-electron chi connectivity index (χ1n) is 8.22. The van der Waals surface area contributed by atoms with Crippen molar-refractivity contribution in [1.82, 2.24) is 15.6 Å². The van der Waals surface area contributed by atoms with E-state index in [1.165, 1.54) is 0 Å². The van der Waals surface area contributed by atoms with Gasteiger partial charge in [0.25, 0.3) is 0 Å². The summed E-state index contributed by atoms with van der Waals surface area (Å²) in [6.45, 7) is 9.04. The maximum atomic E-state index is 13.8. The van der Waals surface area contributed by atoms with Gasteiger partial charge in [0.1, 0.15) is 5.82 Å². The fourth-order valence-corrected chi connectivity index (χ4v) is 2.32. The third-order valence-electron chi connectivity index (χ3n) is 3.90. The van der Waals surface area contributed by atoms with Gasteiger partial charge in [0.15, 0.2) is 5.96 Å². The molecular weight excluding hydrogens is 430 g/mol. The smallest absolute Gasteiger partial charge is 0.192 e. The van der Waals surface area contributed by atoms with Crippen LogP contribution in [0.1, 0.15) is 42.3 Å². The Morgan fingerprint density at radius 3 is 2.64 bits per heavy atom. The van der Waals surface area contributed by atoms with Crippen molar-refractivity contribution in [2.45, 2.75) is 40.3 Å². The highest BCUT2D eigenvalue weighted by atomic mass is 127. The second-order valence-electron chi connectivity index (χ2n) is 5.84. The molecule has 0 radical (unpaired) electrons. The molecule has 25 heavy (non-hydrogen) atoms. The summed E-state index contributed by atoms with van der Waals surface area (Å²) < 4.78 is 13.8. The van der Waals surface area contributed by atoms with Crippen LogP contribution in [0.3, 0.4) is 0 Å². The Kier molecular flexibility index (Phi) is 8.82. The van der Waals surface area contributed by atoms with Gasteiger partial charge in [-0.25, -0.2) is 9.38 Å². The van der Waals surface area contributed by atoms with E-state index in [1.807, 2.05) is 39.0 Å². The third kappa shape index (κ3) is 6.26. The zero-order chi connectivity index (χ0) is 17.5. The van der Waals surface area contributed by atoms with Crippen molar-refractivity contribution in [2.75, 3.05) is 6.54 Å². The van der Waals surface area contributed by atoms with Crippen molar-refractivity contribution < 1.29 is 4.39 Å². The molecule has 2 rings (SSSR count). The lowest BCUT2D eigenvalue weighted by Crippen LogP contribution is -2.38. The lowest BCUT2D eigenvalue weighted by Gasteiger charge is -2.18. The zero-order valence-electron chi connectivity index (χ0n) is 15.1. The Morgan fingerprint density at radius 2 is 2.00 bits per heavy atom. The molecule has 0 aliphatic rings. The van der Waals surface area contributed by atoms with E-state index in [4.69, 9.17) is 0 Å². The van der Waals surface area contributed by atoms with Gasteiger partial charge >= 0.3 is 0 Å². The van der Waals surface area contributed by atoms with Crippen LogP contribution in [0.25, 0.3) is 0 Å². The molecule has 0 amide bonds. The van der Waals surface area contributed by atoms with Crippen molar-refractivity contribution in [3.63, 3.8) is 0 Å². The van der Waals surface area contributed by atoms with E-state index in [9.17, 15) is 4.39 Å². The van der Waals surface area contributed by atoms with E-state index >= 15 is 0 Å². The van der Waals surface area contributed by atoms with Crippen molar-refractivity contribution in [2.24, 2.45) is 4.99 Å². The molecule has 2 aromatic rings. The Morgan fingerprint density at radius 1 is 1.24 bits per heavy atom. The van der Waals surface area contributed by atoms with Gasteiger partial charge < -0.3 is 10.6 Å². The topological polar surface area (TPSA) is 49.3 Å². The van der Waals surface area contributed by atoms with E-state index in [2.05, 4.69) is 20.6 Å². The Bertz CT molecular complexity index is 718. The predicted molar refractivity (Wildman–Crippen MR) is 112 cm³/mol. The maximum absolute atomic E-state index is 13.8. The number of nitrogens with zero attached hydrogens (tertiary/aromatic N) is 2. The van der Waals surface area contributed by atoms with Crippen LogP contribution < -0.4 is 10.6 Å². The lowest BCUT2D eigenvalue weighted by molar-refractivity contribution is 0.607. The molecule has 0 bridgehead atoms. The summed E-state index contributed by atoms with van der Waals surface area (Å²) in [5, 5.41) is 6.53. The van der Waals surface area contributed by atoms with Gasteiger partial charge in [-0.2, -0.15) is 0 Å². The van der Waals surface area contributed by atoms with Crippen LogP contribution in [-0.2, 0) is 6.54 Å². The zero-order valence-corrected chi connectivity index (χ0v) is 17.5. The molecule has 1 atom stereocenters. The van der Waals surface area contributed by atoms with Gasteiger partial charge in [-0.1, -0.05) is 18.2 Å². The minimum absolute atomic E-state index is 0. The van der Waals surface area contributed by atoms with Crippen molar-refractivity contribution in [1.29, 1.82) is 0 Å². The summed E-state index contributed by atoms with van der Waals surface area (Å²) in [7, 11) is 0. The molecule has 0 spiro atoms. The highest BCUT2D eigenvalue weighted by molar-refractivity contribution is 14.0. The molecule has 4 nitrogen and oxygen atoms in total. The molecule has 1 unspecified atom stereocenters. The Labute approximate surface area is 166 Å². The maximum Gasteiger partial charge on any atom is 0.192 e. The minimum atomic E-state index is -0.188. The number of nitrogens with one attached hydrogen (secondary N) is 2. The molecule has 0 saturated carbocycles. The van der Waals surface area contributed by atoms with E-state index < -0.39 is 0 Å². The largest absolute Gasteiger partial charge is 0.357 e. The Hall–Kier alpha value is -1.70. The second kappa shape index (κ2) is 10.3. The molecular formula is C19H26FIN4. The van der Waals surface area contributed by atoms with Gasteiger partial charge in [-0.15, -0.1) is 24.0 Å². The number of hydrogen-bond donors (Lipinski definition) is 2. The number of halogens is 2. The number of pyridine rings is 1. The van der Waals surface area contributed by atoms with Crippen LogP contribution in [0.4, 0.5) is 4.39 Å². The summed E-state index contributed by atoms with van der Waals surface area (Å²) in [5.41, 5.74) is 3.60. The fourth-order valence-electron chi connectivity index (χ4n) is 2.32. The molecule has 2 N–H and O–H groups in total. The molecule has 0 fully saturated rings. The number of aliphatic imine (C=N–C) groups is 1. The second-order valence-corrected chi connectivity index (χ2v) is 5.84. The molecule has 0 saturated heterocycles. The normalized spacial score (nSPS) is 12.3. The minimum Gasteiger partial charge on any atom is -0.357 e. The van der Waals surface area contributed by atoms with Crippen molar-refractivity contribution in [3.05, 3.63) is 64.7 Å². The molecule has 1 heterocycles. The molecule has 6 heteroatoms. The highest BCUT2D eigenvalue weighted by Crippen LogP contribution is 2.16. The molecule has 0 aliphatic carbocycles. The van der Waals surface area contributed by atoms with Crippen LogP contribution in [0.2, 0.25) is 0 Å². The molecule has 0 aliphatic heterocycles. The summed E-state index contributed by atoms with van der Waals surface area (Å²) in [6.07, 6.45) is 1.77. The summed E-state index contributed by atoms with van der Waals surface area (Å²) >= 11 is 0. The fraction of sp³-hybridized carbons (Fsp3) is 0.368. The number of rotatable bonds is 5. The standard InChI is InChI=1S/C19H25FN4.HI/c1-5-21-19(23-12-18-14(3)7-6-10-22-18)24-15(4)16-9-8-13(2)17(20)11-16;/h6-11,15H,5,12H2,1-4H3,(H2,21,23,24);1H. The summed E-state index contributed by atoms with van der Waals surface area (Å²) in [4.78, 5) is 8.94. The van der Waals surface area contributed by atoms with Crippen molar-refractivity contribution in [3.8, 4) is 0 Å². The average molecular weight is 456 g/mol. The quantitative estimate of drug-likeness (QED) is 0.402. The van der Waals surface area contributed by atoms with Crippen molar-refractivity contribution >= 4 is 29.9 Å². The first kappa shape index (κ1) is 21.3. The monoisotopic (exact) mass is 456 g/mol. The third-order valence-corrected chi connectivity index (χ3v) is 3.90.